The molecule has 2 aromatic rings. The van der Waals surface area contributed by atoms with E-state index in [1.165, 1.54) is 12.8 Å². The molecule has 6 nitrogen and oxygen atoms in total. The average molecular weight is 312 g/mol. The molecule has 1 saturated heterocycles. The lowest BCUT2D eigenvalue weighted by Crippen LogP contribution is -2.30. The molecule has 0 aromatic carbocycles. The summed E-state index contributed by atoms with van der Waals surface area (Å²) in [7, 11) is 0. The lowest BCUT2D eigenvalue weighted by atomic mass is 10.1. The van der Waals surface area contributed by atoms with Gasteiger partial charge >= 0.3 is 0 Å². The fraction of sp³-hybridized carbons (Fsp3) is 0.471. The molecule has 1 aliphatic heterocycles. The third-order valence-corrected chi connectivity index (χ3v) is 4.44. The molecule has 2 fully saturated rings. The summed E-state index contributed by atoms with van der Waals surface area (Å²) in [5, 5.41) is 7.41. The lowest BCUT2D eigenvalue weighted by molar-refractivity contribution is 0.0730. The topological polar surface area (TPSA) is 71.3 Å². The highest BCUT2D eigenvalue weighted by Gasteiger charge is 2.32. The molecule has 1 N–H and O–H groups in total. The number of carbonyl (C=O) groups is 1. The maximum atomic E-state index is 12.8. The van der Waals surface area contributed by atoms with Crippen molar-refractivity contribution in [2.75, 3.05) is 11.9 Å². The van der Waals surface area contributed by atoms with E-state index in [9.17, 15) is 4.79 Å². The Balaban J connectivity index is 1.50. The first-order valence-electron chi connectivity index (χ1n) is 8.17. The molecule has 120 valence electrons. The molecule has 1 saturated carbocycles. The second-order valence-corrected chi connectivity index (χ2v) is 6.37. The van der Waals surface area contributed by atoms with E-state index in [1.54, 1.807) is 6.20 Å². The largest absolute Gasteiger partial charge is 0.367 e. The molecule has 0 bridgehead atoms. The Kier molecular flexibility index (Phi) is 3.52. The molecule has 0 unspecified atom stereocenters. The molecule has 2 aromatic heterocycles. The van der Waals surface area contributed by atoms with Crippen molar-refractivity contribution in [2.24, 2.45) is 0 Å². The number of rotatable bonds is 4. The zero-order valence-electron chi connectivity index (χ0n) is 13.2. The van der Waals surface area contributed by atoms with Gasteiger partial charge in [-0.1, -0.05) is 5.16 Å². The molecule has 1 aliphatic carbocycles. The minimum atomic E-state index is 0.00390. The molecule has 1 atom stereocenters. The Morgan fingerprint density at radius 3 is 2.87 bits per heavy atom. The summed E-state index contributed by atoms with van der Waals surface area (Å²) >= 11 is 0. The van der Waals surface area contributed by atoms with Crippen LogP contribution in [0.4, 0.5) is 5.82 Å². The third kappa shape index (κ3) is 2.93. The molecule has 6 heteroatoms. The number of nitrogens with zero attached hydrogens (tertiary/aromatic N) is 3. The summed E-state index contributed by atoms with van der Waals surface area (Å²) in [5.74, 6) is 1.63. The molecule has 1 amide bonds. The van der Waals surface area contributed by atoms with Crippen molar-refractivity contribution in [1.29, 1.82) is 0 Å². The van der Waals surface area contributed by atoms with Crippen molar-refractivity contribution in [3.05, 3.63) is 41.4 Å². The lowest BCUT2D eigenvalue weighted by Gasteiger charge is -2.23. The van der Waals surface area contributed by atoms with Crippen LogP contribution in [0.25, 0.3) is 0 Å². The van der Waals surface area contributed by atoms with E-state index in [1.807, 2.05) is 30.0 Å². The van der Waals surface area contributed by atoms with Gasteiger partial charge in [0.25, 0.3) is 5.91 Å². The molecule has 2 aliphatic rings. The van der Waals surface area contributed by atoms with Crippen molar-refractivity contribution in [2.45, 2.75) is 44.7 Å². The highest BCUT2D eigenvalue weighted by Crippen LogP contribution is 2.32. The minimum Gasteiger partial charge on any atom is -0.367 e. The van der Waals surface area contributed by atoms with Crippen molar-refractivity contribution in [3.8, 4) is 0 Å². The van der Waals surface area contributed by atoms with Gasteiger partial charge in [0, 0.05) is 24.8 Å². The van der Waals surface area contributed by atoms with Crippen LogP contribution in [-0.2, 0) is 0 Å². The van der Waals surface area contributed by atoms with Gasteiger partial charge in [-0.2, -0.15) is 0 Å². The Hall–Kier alpha value is -2.37. The van der Waals surface area contributed by atoms with Gasteiger partial charge in [0.05, 0.1) is 11.6 Å². The smallest absolute Gasteiger partial charge is 0.255 e. The fourth-order valence-corrected chi connectivity index (χ4v) is 3.07. The van der Waals surface area contributed by atoms with Crippen molar-refractivity contribution < 1.29 is 9.32 Å². The SMILES string of the molecule is Cc1cc([C@H]2CCCN2C(=O)c2ccc(NC3CC3)nc2)no1. The van der Waals surface area contributed by atoms with Crippen molar-refractivity contribution in [1.82, 2.24) is 15.0 Å². The minimum absolute atomic E-state index is 0.00390. The predicted molar refractivity (Wildman–Crippen MR) is 85.1 cm³/mol. The van der Waals surface area contributed by atoms with Crippen molar-refractivity contribution in [3.63, 3.8) is 0 Å². The zero-order chi connectivity index (χ0) is 15.8. The average Bonchev–Trinajstić information content (AvgIpc) is 3.07. The molecule has 4 rings (SSSR count). The molecular weight excluding hydrogens is 292 g/mol. The summed E-state index contributed by atoms with van der Waals surface area (Å²) in [4.78, 5) is 19.0. The van der Waals surface area contributed by atoms with Crippen LogP contribution in [0, 0.1) is 6.92 Å². The Labute approximate surface area is 134 Å². The summed E-state index contributed by atoms with van der Waals surface area (Å²) < 4.78 is 5.16. The number of amides is 1. The number of pyridine rings is 1. The number of carbonyl (C=O) groups excluding carboxylic acids is 1. The van der Waals surface area contributed by atoms with E-state index >= 15 is 0 Å². The highest BCUT2D eigenvalue weighted by atomic mass is 16.5. The first kappa shape index (κ1) is 14.2. The van der Waals surface area contributed by atoms with Gasteiger partial charge in [0.15, 0.2) is 0 Å². The van der Waals surface area contributed by atoms with Crippen LogP contribution in [0.5, 0.6) is 0 Å². The van der Waals surface area contributed by atoms with Gasteiger partial charge < -0.3 is 14.7 Å². The van der Waals surface area contributed by atoms with Crippen LogP contribution in [-0.4, -0.2) is 33.5 Å². The Morgan fingerprint density at radius 1 is 1.35 bits per heavy atom. The number of hydrogen-bond donors (Lipinski definition) is 1. The van der Waals surface area contributed by atoms with Gasteiger partial charge in [0.1, 0.15) is 17.3 Å². The second-order valence-electron chi connectivity index (χ2n) is 6.37. The van der Waals surface area contributed by atoms with Gasteiger partial charge in [-0.3, -0.25) is 4.79 Å². The Morgan fingerprint density at radius 2 is 2.22 bits per heavy atom. The first-order chi connectivity index (χ1) is 11.2. The van der Waals surface area contributed by atoms with Crippen LogP contribution in [0.3, 0.4) is 0 Å². The van der Waals surface area contributed by atoms with Crippen LogP contribution < -0.4 is 5.32 Å². The zero-order valence-corrected chi connectivity index (χ0v) is 13.2. The van der Waals surface area contributed by atoms with Crippen LogP contribution in [0.1, 0.15) is 53.5 Å². The van der Waals surface area contributed by atoms with E-state index in [4.69, 9.17) is 4.52 Å². The number of likely N-dealkylation sites (tertiary alicyclic amines) is 1. The number of hydrogen-bond acceptors (Lipinski definition) is 5. The van der Waals surface area contributed by atoms with Crippen molar-refractivity contribution >= 4 is 11.7 Å². The molecule has 3 heterocycles. The predicted octanol–water partition coefficient (Wildman–Crippen LogP) is 2.93. The number of aromatic nitrogens is 2. The monoisotopic (exact) mass is 312 g/mol. The van der Waals surface area contributed by atoms with E-state index in [2.05, 4.69) is 15.5 Å². The number of aryl methyl sites for hydroxylation is 1. The first-order valence-corrected chi connectivity index (χ1v) is 8.17. The molecule has 0 spiro atoms. The summed E-state index contributed by atoms with van der Waals surface area (Å²) in [5.41, 5.74) is 1.46. The molecule has 23 heavy (non-hydrogen) atoms. The van der Waals surface area contributed by atoms with Gasteiger partial charge in [-0.05, 0) is 44.7 Å². The van der Waals surface area contributed by atoms with E-state index in [0.717, 1.165) is 36.7 Å². The second kappa shape index (κ2) is 5.68. The van der Waals surface area contributed by atoms with Crippen LogP contribution >= 0.6 is 0 Å². The molecular formula is C17H20N4O2. The Bertz CT molecular complexity index is 706. The maximum Gasteiger partial charge on any atom is 0.255 e. The summed E-state index contributed by atoms with van der Waals surface area (Å²) in [6.07, 6.45) is 5.98. The van der Waals surface area contributed by atoms with Gasteiger partial charge in [-0.15, -0.1) is 0 Å². The molecule has 0 radical (unpaired) electrons. The normalized spacial score (nSPS) is 20.7. The fourth-order valence-electron chi connectivity index (χ4n) is 3.07. The summed E-state index contributed by atoms with van der Waals surface area (Å²) in [6, 6.07) is 6.21. The number of anilines is 1. The number of nitrogens with one attached hydrogen (secondary N) is 1. The van der Waals surface area contributed by atoms with E-state index < -0.39 is 0 Å². The maximum absolute atomic E-state index is 12.8. The van der Waals surface area contributed by atoms with E-state index in [-0.39, 0.29) is 11.9 Å². The van der Waals surface area contributed by atoms with Crippen LogP contribution in [0.15, 0.2) is 28.9 Å². The quantitative estimate of drug-likeness (QED) is 0.940. The summed E-state index contributed by atoms with van der Waals surface area (Å²) in [6.45, 7) is 2.62. The highest BCUT2D eigenvalue weighted by molar-refractivity contribution is 5.94. The van der Waals surface area contributed by atoms with Crippen LogP contribution in [0.2, 0.25) is 0 Å². The third-order valence-electron chi connectivity index (χ3n) is 4.44. The standard InChI is InChI=1S/C17H20N4O2/c1-11-9-14(20-23-11)15-3-2-8-21(15)17(22)12-4-7-16(18-10-12)19-13-5-6-13/h4,7,9-10,13,15H,2-3,5-6,8H2,1H3,(H,18,19)/t15-/m1/s1. The van der Waals surface area contributed by atoms with E-state index in [0.29, 0.717) is 11.6 Å². The van der Waals surface area contributed by atoms with Gasteiger partial charge in [0.2, 0.25) is 0 Å². The van der Waals surface area contributed by atoms with Gasteiger partial charge in [-0.25, -0.2) is 4.98 Å².